The number of imidazole rings is 1. The van der Waals surface area contributed by atoms with Gasteiger partial charge >= 0.3 is 0 Å². The molecule has 0 aliphatic heterocycles. The van der Waals surface area contributed by atoms with E-state index < -0.39 is 0 Å². The molecule has 5 nitrogen and oxygen atoms in total. The highest BCUT2D eigenvalue weighted by Crippen LogP contribution is 2.28. The van der Waals surface area contributed by atoms with Gasteiger partial charge in [0.1, 0.15) is 24.3 Å². The van der Waals surface area contributed by atoms with Gasteiger partial charge in [-0.25, -0.2) is 15.0 Å². The molecule has 5 heteroatoms. The predicted octanol–water partition coefficient (Wildman–Crippen LogP) is 3.22. The lowest BCUT2D eigenvalue weighted by atomic mass is 10.0. The zero-order valence-corrected chi connectivity index (χ0v) is 12.9. The Kier molecular flexibility index (Phi) is 4.37. The number of nitrogens with one attached hydrogen (secondary N) is 1. The van der Waals surface area contributed by atoms with E-state index in [9.17, 15) is 0 Å². The second kappa shape index (κ2) is 6.03. The molecule has 108 valence electrons. The predicted molar refractivity (Wildman–Crippen MR) is 81.5 cm³/mol. The summed E-state index contributed by atoms with van der Waals surface area (Å²) in [6.07, 6.45) is 4.52. The Hall–Kier alpha value is -1.91. The smallest absolute Gasteiger partial charge is 0.147 e. The second-order valence-corrected chi connectivity index (χ2v) is 5.33. The minimum atomic E-state index is 0.340. The summed E-state index contributed by atoms with van der Waals surface area (Å²) in [5, 5.41) is 3.40. The molecule has 2 rings (SSSR count). The Morgan fingerprint density at radius 3 is 2.50 bits per heavy atom. The molecule has 0 atom stereocenters. The van der Waals surface area contributed by atoms with Crippen LogP contribution < -0.4 is 5.32 Å². The van der Waals surface area contributed by atoms with Gasteiger partial charge in [-0.15, -0.1) is 0 Å². The number of hydrogen-bond acceptors (Lipinski definition) is 4. The lowest BCUT2D eigenvalue weighted by molar-refractivity contribution is 0.804. The Bertz CT molecular complexity index is 586. The van der Waals surface area contributed by atoms with Crippen LogP contribution in [0.3, 0.4) is 0 Å². The van der Waals surface area contributed by atoms with Gasteiger partial charge in [0, 0.05) is 17.8 Å². The van der Waals surface area contributed by atoms with Crippen molar-refractivity contribution >= 4 is 5.82 Å². The summed E-state index contributed by atoms with van der Waals surface area (Å²) in [6.45, 7) is 11.5. The Balaban J connectivity index is 2.55. The molecule has 0 bridgehead atoms. The fourth-order valence-electron chi connectivity index (χ4n) is 2.21. The number of aryl methyl sites for hydroxylation is 1. The highest BCUT2D eigenvalue weighted by molar-refractivity contribution is 5.54. The molecule has 0 aliphatic rings. The minimum absolute atomic E-state index is 0.340. The van der Waals surface area contributed by atoms with Crippen LogP contribution in [0.25, 0.3) is 5.82 Å². The zero-order valence-electron chi connectivity index (χ0n) is 12.9. The molecular weight excluding hydrogens is 250 g/mol. The molecule has 0 aromatic carbocycles. The summed E-state index contributed by atoms with van der Waals surface area (Å²) in [4.78, 5) is 13.3. The van der Waals surface area contributed by atoms with Crippen molar-refractivity contribution in [3.8, 4) is 5.82 Å². The molecule has 0 amide bonds. The van der Waals surface area contributed by atoms with Crippen molar-refractivity contribution in [2.45, 2.75) is 47.0 Å². The highest BCUT2D eigenvalue weighted by Gasteiger charge is 2.17. The van der Waals surface area contributed by atoms with E-state index in [0.29, 0.717) is 5.92 Å². The molecule has 2 heterocycles. The maximum atomic E-state index is 4.48. The highest BCUT2D eigenvalue weighted by atomic mass is 15.1. The fourth-order valence-corrected chi connectivity index (χ4v) is 2.21. The lowest BCUT2D eigenvalue weighted by Gasteiger charge is -2.17. The maximum absolute atomic E-state index is 4.48. The molecule has 0 radical (unpaired) electrons. The molecule has 0 aliphatic carbocycles. The van der Waals surface area contributed by atoms with Gasteiger partial charge in [-0.1, -0.05) is 20.8 Å². The van der Waals surface area contributed by atoms with E-state index in [-0.39, 0.29) is 0 Å². The van der Waals surface area contributed by atoms with Gasteiger partial charge in [0.2, 0.25) is 0 Å². The monoisotopic (exact) mass is 273 g/mol. The molecule has 0 spiro atoms. The van der Waals surface area contributed by atoms with Crippen LogP contribution in [-0.4, -0.2) is 26.1 Å². The van der Waals surface area contributed by atoms with E-state index in [1.807, 2.05) is 17.8 Å². The summed E-state index contributed by atoms with van der Waals surface area (Å²) < 4.78 is 2.05. The van der Waals surface area contributed by atoms with Crippen LogP contribution in [0, 0.1) is 13.8 Å². The molecule has 0 saturated carbocycles. The topological polar surface area (TPSA) is 55.6 Å². The molecule has 0 unspecified atom stereocenters. The third-order valence-electron chi connectivity index (χ3n) is 3.46. The van der Waals surface area contributed by atoms with Crippen LogP contribution in [0.1, 0.15) is 50.1 Å². The largest absolute Gasteiger partial charge is 0.370 e. The third kappa shape index (κ3) is 2.66. The van der Waals surface area contributed by atoms with E-state index >= 15 is 0 Å². The van der Waals surface area contributed by atoms with Gasteiger partial charge in [0.15, 0.2) is 0 Å². The van der Waals surface area contributed by atoms with Crippen molar-refractivity contribution in [2.24, 2.45) is 0 Å². The SMILES string of the molecule is CCCNc1ncnc(-n2cnc(C)c2C)c1C(C)C. The van der Waals surface area contributed by atoms with E-state index in [2.05, 4.69) is 48.0 Å². The summed E-state index contributed by atoms with van der Waals surface area (Å²) in [5.74, 6) is 2.19. The quantitative estimate of drug-likeness (QED) is 0.908. The number of aromatic nitrogens is 4. The van der Waals surface area contributed by atoms with Crippen molar-refractivity contribution in [3.05, 3.63) is 29.6 Å². The van der Waals surface area contributed by atoms with Gasteiger partial charge in [-0.3, -0.25) is 4.57 Å². The second-order valence-electron chi connectivity index (χ2n) is 5.33. The number of hydrogen-bond donors (Lipinski definition) is 1. The Morgan fingerprint density at radius 1 is 1.20 bits per heavy atom. The minimum Gasteiger partial charge on any atom is -0.370 e. The van der Waals surface area contributed by atoms with E-state index in [4.69, 9.17) is 0 Å². The first kappa shape index (κ1) is 14.5. The first-order valence-electron chi connectivity index (χ1n) is 7.15. The molecule has 1 N–H and O–H groups in total. The van der Waals surface area contributed by atoms with Crippen LogP contribution in [0.5, 0.6) is 0 Å². The fraction of sp³-hybridized carbons (Fsp3) is 0.533. The summed E-state index contributed by atoms with van der Waals surface area (Å²) in [5.41, 5.74) is 3.29. The molecule has 0 saturated heterocycles. The summed E-state index contributed by atoms with van der Waals surface area (Å²) >= 11 is 0. The molecule has 0 fully saturated rings. The van der Waals surface area contributed by atoms with E-state index in [1.165, 1.54) is 0 Å². The van der Waals surface area contributed by atoms with Gasteiger partial charge in [-0.05, 0) is 26.2 Å². The number of anilines is 1. The number of rotatable bonds is 5. The first-order valence-corrected chi connectivity index (χ1v) is 7.15. The normalized spacial score (nSPS) is 11.1. The maximum Gasteiger partial charge on any atom is 0.147 e. The van der Waals surface area contributed by atoms with Gasteiger partial charge < -0.3 is 5.32 Å². The zero-order chi connectivity index (χ0) is 14.7. The van der Waals surface area contributed by atoms with Gasteiger partial charge in [-0.2, -0.15) is 0 Å². The molecule has 2 aromatic heterocycles. The lowest BCUT2D eigenvalue weighted by Crippen LogP contribution is -2.12. The van der Waals surface area contributed by atoms with E-state index in [0.717, 1.165) is 41.6 Å². The van der Waals surface area contributed by atoms with Crippen LogP contribution >= 0.6 is 0 Å². The average Bonchev–Trinajstić information content (AvgIpc) is 2.76. The van der Waals surface area contributed by atoms with E-state index in [1.54, 1.807) is 6.33 Å². The average molecular weight is 273 g/mol. The summed E-state index contributed by atoms with van der Waals surface area (Å²) in [6, 6.07) is 0. The van der Waals surface area contributed by atoms with Crippen molar-refractivity contribution in [1.29, 1.82) is 0 Å². The molecule has 2 aromatic rings. The van der Waals surface area contributed by atoms with Crippen molar-refractivity contribution in [2.75, 3.05) is 11.9 Å². The van der Waals surface area contributed by atoms with Crippen molar-refractivity contribution < 1.29 is 0 Å². The van der Waals surface area contributed by atoms with Crippen LogP contribution in [-0.2, 0) is 0 Å². The summed E-state index contributed by atoms with van der Waals surface area (Å²) in [7, 11) is 0. The van der Waals surface area contributed by atoms with Crippen LogP contribution in [0.2, 0.25) is 0 Å². The van der Waals surface area contributed by atoms with Crippen LogP contribution in [0.15, 0.2) is 12.7 Å². The first-order chi connectivity index (χ1) is 9.56. The van der Waals surface area contributed by atoms with Crippen molar-refractivity contribution in [1.82, 2.24) is 19.5 Å². The Labute approximate surface area is 120 Å². The third-order valence-corrected chi connectivity index (χ3v) is 3.46. The van der Waals surface area contributed by atoms with Crippen LogP contribution in [0.4, 0.5) is 5.82 Å². The van der Waals surface area contributed by atoms with Crippen molar-refractivity contribution in [3.63, 3.8) is 0 Å². The molecule has 20 heavy (non-hydrogen) atoms. The standard InChI is InChI=1S/C15H23N5/c1-6-7-16-14-13(10(2)3)15(18-8-17-14)20-9-19-11(4)12(20)5/h8-10H,6-7H2,1-5H3,(H,16,17,18). The van der Waals surface area contributed by atoms with Gasteiger partial charge in [0.25, 0.3) is 0 Å². The molecular formula is C15H23N5. The Morgan fingerprint density at radius 2 is 1.95 bits per heavy atom. The van der Waals surface area contributed by atoms with Gasteiger partial charge in [0.05, 0.1) is 5.69 Å². The number of nitrogens with zero attached hydrogens (tertiary/aromatic N) is 4.